The molecule has 0 unspecified atom stereocenters. The van der Waals surface area contributed by atoms with E-state index in [1.165, 1.54) is 0 Å². The number of hydrogen-bond acceptors (Lipinski definition) is 1. The van der Waals surface area contributed by atoms with Gasteiger partial charge in [-0.3, -0.25) is 0 Å². The predicted molar refractivity (Wildman–Crippen MR) is 198 cm³/mol. The molecule has 1 heteroatoms. The number of benzene rings is 8. The minimum atomic E-state index is -0.802. The molecule has 0 atom stereocenters. The van der Waals surface area contributed by atoms with Crippen LogP contribution in [0, 0.1) is 0 Å². The molecule has 0 bridgehead atoms. The van der Waals surface area contributed by atoms with E-state index >= 15 is 0 Å². The van der Waals surface area contributed by atoms with Crippen molar-refractivity contribution in [3.05, 3.63) is 182 Å². The van der Waals surface area contributed by atoms with Crippen LogP contribution in [0.3, 0.4) is 0 Å². The van der Waals surface area contributed by atoms with Gasteiger partial charge in [0, 0.05) is 27.6 Å². The van der Waals surface area contributed by atoms with E-state index in [0.29, 0.717) is 16.7 Å². The standard InChI is InChI=1S/C46H30O/c1-4-16-31(17-5-1)34-22-14-23-35(30-34)45-44(41-29-15-28-36(46(41)47-45)32-18-6-2-7-19-32)43-39-26-12-10-24-37(39)42(33-20-8-3-9-21-33)38-25-11-13-27-40(38)43/h1-30H/i3D,8D,9D,10D,11D,12D,13D,14D,20D,21D,22D,23D,24D,25D,26D,27D,30D. The maximum absolute atomic E-state index is 9.68. The average molecular weight is 616 g/mol. The van der Waals surface area contributed by atoms with Crippen molar-refractivity contribution >= 4 is 32.5 Å². The number of fused-ring (bicyclic) bond motifs is 3. The highest BCUT2D eigenvalue weighted by atomic mass is 16.3. The molecule has 1 heterocycles. The van der Waals surface area contributed by atoms with Crippen molar-refractivity contribution in [2.45, 2.75) is 0 Å². The molecule has 47 heavy (non-hydrogen) atoms. The van der Waals surface area contributed by atoms with Crippen molar-refractivity contribution in [1.82, 2.24) is 0 Å². The molecule has 8 aromatic carbocycles. The Kier molecular flexibility index (Phi) is 3.60. The molecule has 0 spiro atoms. The van der Waals surface area contributed by atoms with Crippen molar-refractivity contribution in [1.29, 1.82) is 0 Å². The Morgan fingerprint density at radius 1 is 0.362 bits per heavy atom. The van der Waals surface area contributed by atoms with Gasteiger partial charge in [-0.25, -0.2) is 0 Å². The first-order chi connectivity index (χ1) is 30.4. The highest BCUT2D eigenvalue weighted by Gasteiger charge is 2.25. The Labute approximate surface area is 297 Å². The van der Waals surface area contributed by atoms with Crippen molar-refractivity contribution in [3.63, 3.8) is 0 Å². The van der Waals surface area contributed by atoms with E-state index in [2.05, 4.69) is 0 Å². The van der Waals surface area contributed by atoms with E-state index in [0.717, 1.165) is 0 Å². The summed E-state index contributed by atoms with van der Waals surface area (Å²) in [6.45, 7) is 0. The second-order valence-electron chi connectivity index (χ2n) is 10.7. The van der Waals surface area contributed by atoms with Crippen LogP contribution in [-0.2, 0) is 0 Å². The normalized spacial score (nSPS) is 16.5. The number of hydrogen-bond donors (Lipinski definition) is 0. The highest BCUT2D eigenvalue weighted by Crippen LogP contribution is 2.50. The molecular formula is C46H30O. The van der Waals surface area contributed by atoms with E-state index in [9.17, 15) is 8.22 Å². The lowest BCUT2D eigenvalue weighted by atomic mass is 9.84. The summed E-state index contributed by atoms with van der Waals surface area (Å²) in [5.74, 6) is -0.294. The average Bonchev–Trinajstić information content (AvgIpc) is 3.68. The zero-order valence-corrected chi connectivity index (χ0v) is 24.4. The topological polar surface area (TPSA) is 13.1 Å². The van der Waals surface area contributed by atoms with Crippen molar-refractivity contribution in [2.75, 3.05) is 0 Å². The molecule has 0 aliphatic carbocycles. The zero-order valence-electron chi connectivity index (χ0n) is 41.4. The molecule has 0 N–H and O–H groups in total. The number of furan rings is 1. The maximum Gasteiger partial charge on any atom is 0.143 e. The van der Waals surface area contributed by atoms with Crippen molar-refractivity contribution in [3.8, 4) is 55.8 Å². The second-order valence-corrected chi connectivity index (χ2v) is 10.7. The van der Waals surface area contributed by atoms with Gasteiger partial charge in [0.2, 0.25) is 0 Å². The zero-order chi connectivity index (χ0) is 46.0. The van der Waals surface area contributed by atoms with Gasteiger partial charge in [0.05, 0.1) is 23.3 Å². The van der Waals surface area contributed by atoms with E-state index in [4.69, 9.17) is 19.5 Å². The molecular weight excluding hydrogens is 569 g/mol. The van der Waals surface area contributed by atoms with Crippen molar-refractivity contribution < 1.29 is 27.7 Å². The summed E-state index contributed by atoms with van der Waals surface area (Å²) in [6.07, 6.45) is 0. The fourth-order valence-corrected chi connectivity index (χ4v) is 6.09. The number of rotatable bonds is 5. The Hall–Kier alpha value is -6.18. The molecule has 0 aliphatic rings. The molecule has 0 saturated carbocycles. The van der Waals surface area contributed by atoms with Crippen LogP contribution in [0.1, 0.15) is 23.3 Å². The SMILES string of the molecule is [2H]c1c([2H])c([2H])c(-c2c3c([2H])c([2H])c([2H])c([2H])c3c(-c3c(-c4c([2H])c([2H])c([2H])c(-c5ccccc5)c4[2H])oc4c(-c5ccccc5)cccc34)c3c([2H])c([2H])c([2H])c([2H])c23)c([2H])c1[2H]. The Bertz CT molecular complexity index is 3400. The van der Waals surface area contributed by atoms with Crippen LogP contribution in [0.4, 0.5) is 0 Å². The van der Waals surface area contributed by atoms with Crippen molar-refractivity contribution in [2.24, 2.45) is 0 Å². The van der Waals surface area contributed by atoms with E-state index in [1.54, 1.807) is 78.9 Å². The number of para-hydroxylation sites is 1. The Morgan fingerprint density at radius 3 is 1.57 bits per heavy atom. The molecule has 1 nitrogen and oxygen atoms in total. The third-order valence-electron chi connectivity index (χ3n) is 8.09. The molecule has 0 radical (unpaired) electrons. The smallest absolute Gasteiger partial charge is 0.143 e. The van der Waals surface area contributed by atoms with Crippen LogP contribution < -0.4 is 0 Å². The largest absolute Gasteiger partial charge is 0.455 e. The van der Waals surface area contributed by atoms with Gasteiger partial charge in [-0.1, -0.05) is 176 Å². The quantitative estimate of drug-likeness (QED) is 0.176. The van der Waals surface area contributed by atoms with E-state index in [-0.39, 0.29) is 49.8 Å². The van der Waals surface area contributed by atoms with Crippen LogP contribution >= 0.6 is 0 Å². The lowest BCUT2D eigenvalue weighted by Crippen LogP contribution is -1.91. The summed E-state index contributed by atoms with van der Waals surface area (Å²) in [4.78, 5) is 0. The summed E-state index contributed by atoms with van der Waals surface area (Å²) in [6, 6.07) is 10.3. The molecule has 9 aromatic rings. The van der Waals surface area contributed by atoms with Gasteiger partial charge < -0.3 is 4.42 Å². The van der Waals surface area contributed by atoms with E-state index in [1.807, 2.05) is 0 Å². The summed E-state index contributed by atoms with van der Waals surface area (Å²) < 4.78 is 161. The van der Waals surface area contributed by atoms with Crippen LogP contribution in [0.15, 0.2) is 186 Å². The molecule has 220 valence electrons. The molecule has 0 amide bonds. The van der Waals surface area contributed by atoms with Gasteiger partial charge in [-0.2, -0.15) is 0 Å². The minimum absolute atomic E-state index is 0.0265. The lowest BCUT2D eigenvalue weighted by molar-refractivity contribution is 0.633. The van der Waals surface area contributed by atoms with Gasteiger partial charge in [-0.05, 0) is 55.4 Å². The van der Waals surface area contributed by atoms with Gasteiger partial charge in [-0.15, -0.1) is 0 Å². The van der Waals surface area contributed by atoms with E-state index < -0.39 is 125 Å². The summed E-state index contributed by atoms with van der Waals surface area (Å²) in [7, 11) is 0. The van der Waals surface area contributed by atoms with Crippen LogP contribution in [0.2, 0.25) is 0 Å². The Balaban J connectivity index is 1.64. The maximum atomic E-state index is 9.68. The monoisotopic (exact) mass is 615 g/mol. The molecule has 1 aromatic heterocycles. The van der Waals surface area contributed by atoms with Crippen LogP contribution in [0.25, 0.3) is 88.3 Å². The molecule has 0 saturated heterocycles. The first-order valence-electron chi connectivity index (χ1n) is 23.2. The van der Waals surface area contributed by atoms with Gasteiger partial charge in [0.25, 0.3) is 0 Å². The first-order valence-corrected chi connectivity index (χ1v) is 14.7. The lowest BCUT2D eigenvalue weighted by Gasteiger charge is -2.18. The summed E-state index contributed by atoms with van der Waals surface area (Å²) in [5.41, 5.74) is -0.0817. The Morgan fingerprint density at radius 2 is 0.915 bits per heavy atom. The predicted octanol–water partition coefficient (Wildman–Crippen LogP) is 13.1. The van der Waals surface area contributed by atoms with Crippen LogP contribution in [-0.4, -0.2) is 0 Å². The summed E-state index contributed by atoms with van der Waals surface area (Å²) >= 11 is 0. The second kappa shape index (κ2) is 11.3. The summed E-state index contributed by atoms with van der Waals surface area (Å²) in [5, 5.41) is -1.45. The van der Waals surface area contributed by atoms with Crippen LogP contribution in [0.5, 0.6) is 0 Å². The van der Waals surface area contributed by atoms with Gasteiger partial charge in [0.15, 0.2) is 0 Å². The first kappa shape index (κ1) is 14.9. The molecule has 0 aliphatic heterocycles. The fourth-order valence-electron chi connectivity index (χ4n) is 6.09. The minimum Gasteiger partial charge on any atom is -0.455 e. The van der Waals surface area contributed by atoms with Gasteiger partial charge >= 0.3 is 0 Å². The highest BCUT2D eigenvalue weighted by molar-refractivity contribution is 6.25. The van der Waals surface area contributed by atoms with Gasteiger partial charge in [0.1, 0.15) is 11.3 Å². The third-order valence-corrected chi connectivity index (χ3v) is 8.09. The fraction of sp³-hybridized carbons (Fsp3) is 0. The molecule has 0 fully saturated rings. The molecule has 9 rings (SSSR count). The third kappa shape index (κ3) is 4.56.